The normalized spacial score (nSPS) is 22.9. The van der Waals surface area contributed by atoms with Gasteiger partial charge in [-0.05, 0) is 45.7 Å². The highest BCUT2D eigenvalue weighted by molar-refractivity contribution is 5.78. The van der Waals surface area contributed by atoms with Gasteiger partial charge in [-0.25, -0.2) is 0 Å². The third-order valence-corrected chi connectivity index (χ3v) is 4.75. The molecule has 0 unspecified atom stereocenters. The minimum atomic E-state index is 0.190. The molecular weight excluding hydrogens is 252 g/mol. The van der Waals surface area contributed by atoms with Crippen molar-refractivity contribution in [1.29, 1.82) is 0 Å². The van der Waals surface area contributed by atoms with Crippen LogP contribution in [-0.2, 0) is 9.53 Å². The fourth-order valence-corrected chi connectivity index (χ4v) is 3.21. The predicted octanol–water partition coefficient (Wildman–Crippen LogP) is 2.19. The fourth-order valence-electron chi connectivity index (χ4n) is 3.21. The van der Waals surface area contributed by atoms with Crippen molar-refractivity contribution in [3.8, 4) is 0 Å². The predicted molar refractivity (Wildman–Crippen MR) is 80.7 cm³/mol. The molecule has 0 aromatic heterocycles. The van der Waals surface area contributed by atoms with Crippen molar-refractivity contribution in [3.63, 3.8) is 0 Å². The number of carbonyl (C=O) groups is 1. The number of nitrogens with one attached hydrogen (secondary N) is 1. The third kappa shape index (κ3) is 4.74. The summed E-state index contributed by atoms with van der Waals surface area (Å²) in [7, 11) is 0. The summed E-state index contributed by atoms with van der Waals surface area (Å²) < 4.78 is 5.58. The van der Waals surface area contributed by atoms with Crippen molar-refractivity contribution in [3.05, 3.63) is 0 Å². The van der Waals surface area contributed by atoms with Gasteiger partial charge in [0, 0.05) is 18.6 Å². The molecule has 1 aliphatic heterocycles. The lowest BCUT2D eigenvalue weighted by atomic mass is 9.69. The van der Waals surface area contributed by atoms with Gasteiger partial charge in [-0.2, -0.15) is 0 Å². The second-order valence-corrected chi connectivity index (χ2v) is 6.46. The highest BCUT2D eigenvalue weighted by atomic mass is 16.5. The number of carbonyl (C=O) groups excluding carboxylic acids is 1. The molecule has 1 saturated heterocycles. The number of likely N-dealkylation sites (tertiary alicyclic amines) is 1. The van der Waals surface area contributed by atoms with Crippen LogP contribution in [0.3, 0.4) is 0 Å². The molecule has 0 radical (unpaired) electrons. The Balaban J connectivity index is 1.68. The van der Waals surface area contributed by atoms with Gasteiger partial charge in [-0.15, -0.1) is 0 Å². The molecule has 1 N–H and O–H groups in total. The Morgan fingerprint density at radius 2 is 1.85 bits per heavy atom. The van der Waals surface area contributed by atoms with Crippen LogP contribution in [0.5, 0.6) is 0 Å². The monoisotopic (exact) mass is 282 g/mol. The quantitative estimate of drug-likeness (QED) is 0.778. The number of hydrogen-bond donors (Lipinski definition) is 1. The van der Waals surface area contributed by atoms with E-state index in [1.54, 1.807) is 0 Å². The van der Waals surface area contributed by atoms with Crippen LogP contribution in [0.1, 0.15) is 51.9 Å². The highest BCUT2D eigenvalue weighted by Gasteiger charge is 2.37. The van der Waals surface area contributed by atoms with Gasteiger partial charge in [0.25, 0.3) is 0 Å². The molecule has 2 aliphatic rings. The summed E-state index contributed by atoms with van der Waals surface area (Å²) in [6, 6.07) is 0. The van der Waals surface area contributed by atoms with Crippen LogP contribution in [0.25, 0.3) is 0 Å². The molecule has 0 aromatic carbocycles. The Labute approximate surface area is 123 Å². The third-order valence-electron chi connectivity index (χ3n) is 4.75. The van der Waals surface area contributed by atoms with Crippen LogP contribution in [0.4, 0.5) is 0 Å². The summed E-state index contributed by atoms with van der Waals surface area (Å²) in [5.41, 5.74) is 0.227. The zero-order valence-electron chi connectivity index (χ0n) is 13.0. The largest absolute Gasteiger partial charge is 0.381 e. The topological polar surface area (TPSA) is 41.6 Å². The fraction of sp³-hybridized carbons (Fsp3) is 0.938. The molecule has 1 amide bonds. The van der Waals surface area contributed by atoms with E-state index in [4.69, 9.17) is 4.74 Å². The Hall–Kier alpha value is -0.610. The Bertz CT molecular complexity index is 295. The molecule has 0 spiro atoms. The lowest BCUT2D eigenvalue weighted by molar-refractivity contribution is -0.123. The SMILES string of the molecule is CCOCC1(CNC(=O)CN2CCCCCC2)CCC1. The first-order chi connectivity index (χ1) is 9.74. The first-order valence-electron chi connectivity index (χ1n) is 8.31. The molecule has 116 valence electrons. The summed E-state index contributed by atoms with van der Waals surface area (Å²) >= 11 is 0. The van der Waals surface area contributed by atoms with Gasteiger partial charge >= 0.3 is 0 Å². The van der Waals surface area contributed by atoms with E-state index in [-0.39, 0.29) is 11.3 Å². The number of rotatable bonds is 7. The molecule has 4 nitrogen and oxygen atoms in total. The summed E-state index contributed by atoms with van der Waals surface area (Å²) in [6.07, 6.45) is 8.76. The van der Waals surface area contributed by atoms with Gasteiger partial charge in [-0.3, -0.25) is 9.69 Å². The van der Waals surface area contributed by atoms with Gasteiger partial charge in [-0.1, -0.05) is 19.3 Å². The van der Waals surface area contributed by atoms with Crippen LogP contribution in [-0.4, -0.2) is 50.2 Å². The lowest BCUT2D eigenvalue weighted by Gasteiger charge is -2.41. The van der Waals surface area contributed by atoms with E-state index in [0.717, 1.165) is 32.8 Å². The van der Waals surface area contributed by atoms with Crippen LogP contribution in [0.2, 0.25) is 0 Å². The summed E-state index contributed by atoms with van der Waals surface area (Å²) in [5, 5.41) is 3.14. The molecule has 1 heterocycles. The molecule has 1 aliphatic carbocycles. The van der Waals surface area contributed by atoms with E-state index in [0.29, 0.717) is 6.54 Å². The number of nitrogens with zero attached hydrogens (tertiary/aromatic N) is 1. The number of hydrogen-bond acceptors (Lipinski definition) is 3. The molecular formula is C16H30N2O2. The van der Waals surface area contributed by atoms with Crippen molar-refractivity contribution < 1.29 is 9.53 Å². The van der Waals surface area contributed by atoms with Crippen LogP contribution in [0, 0.1) is 5.41 Å². The second kappa shape index (κ2) is 7.99. The zero-order chi connectivity index (χ0) is 14.3. The first-order valence-corrected chi connectivity index (χ1v) is 8.31. The van der Waals surface area contributed by atoms with Crippen molar-refractivity contribution in [2.24, 2.45) is 5.41 Å². The van der Waals surface area contributed by atoms with Gasteiger partial charge in [0.05, 0.1) is 13.2 Å². The molecule has 1 saturated carbocycles. The molecule has 20 heavy (non-hydrogen) atoms. The molecule has 0 aromatic rings. The van der Waals surface area contributed by atoms with E-state index < -0.39 is 0 Å². The second-order valence-electron chi connectivity index (χ2n) is 6.46. The molecule has 2 fully saturated rings. The van der Waals surface area contributed by atoms with E-state index in [9.17, 15) is 4.79 Å². The van der Waals surface area contributed by atoms with Gasteiger partial charge < -0.3 is 10.1 Å². The van der Waals surface area contributed by atoms with Gasteiger partial charge in [0.15, 0.2) is 0 Å². The van der Waals surface area contributed by atoms with Crippen molar-refractivity contribution in [2.45, 2.75) is 51.9 Å². The maximum atomic E-state index is 12.1. The highest BCUT2D eigenvalue weighted by Crippen LogP contribution is 2.40. The lowest BCUT2D eigenvalue weighted by Crippen LogP contribution is -2.47. The number of ether oxygens (including phenoxy) is 1. The van der Waals surface area contributed by atoms with E-state index >= 15 is 0 Å². The average molecular weight is 282 g/mol. The van der Waals surface area contributed by atoms with Crippen molar-refractivity contribution in [1.82, 2.24) is 10.2 Å². The van der Waals surface area contributed by atoms with E-state index in [2.05, 4.69) is 10.2 Å². The van der Waals surface area contributed by atoms with Crippen LogP contribution >= 0.6 is 0 Å². The van der Waals surface area contributed by atoms with Crippen LogP contribution in [0.15, 0.2) is 0 Å². The molecule has 0 atom stereocenters. The van der Waals surface area contributed by atoms with Crippen molar-refractivity contribution >= 4 is 5.91 Å². The van der Waals surface area contributed by atoms with E-state index in [1.807, 2.05) is 6.92 Å². The van der Waals surface area contributed by atoms with E-state index in [1.165, 1.54) is 44.9 Å². The Kier molecular flexibility index (Phi) is 6.30. The Morgan fingerprint density at radius 1 is 1.15 bits per heavy atom. The first kappa shape index (κ1) is 15.8. The maximum Gasteiger partial charge on any atom is 0.234 e. The molecule has 4 heteroatoms. The standard InChI is InChI=1S/C16H30N2O2/c1-2-20-14-16(8-7-9-16)13-17-15(19)12-18-10-5-3-4-6-11-18/h2-14H2,1H3,(H,17,19). The summed E-state index contributed by atoms with van der Waals surface area (Å²) in [6.45, 7) is 7.13. The Morgan fingerprint density at radius 3 is 2.40 bits per heavy atom. The van der Waals surface area contributed by atoms with Crippen molar-refractivity contribution in [2.75, 3.05) is 39.4 Å². The minimum Gasteiger partial charge on any atom is -0.381 e. The maximum absolute atomic E-state index is 12.1. The zero-order valence-corrected chi connectivity index (χ0v) is 13.0. The average Bonchev–Trinajstić information content (AvgIpc) is 2.66. The number of amides is 1. The molecule has 0 bridgehead atoms. The molecule has 2 rings (SSSR count). The minimum absolute atomic E-state index is 0.190. The summed E-state index contributed by atoms with van der Waals surface area (Å²) in [4.78, 5) is 14.4. The van der Waals surface area contributed by atoms with Crippen LogP contribution < -0.4 is 5.32 Å². The summed E-state index contributed by atoms with van der Waals surface area (Å²) in [5.74, 6) is 0.190. The van der Waals surface area contributed by atoms with Gasteiger partial charge in [0.2, 0.25) is 5.91 Å². The smallest absolute Gasteiger partial charge is 0.234 e. The van der Waals surface area contributed by atoms with Gasteiger partial charge in [0.1, 0.15) is 0 Å².